The van der Waals surface area contributed by atoms with Crippen LogP contribution in [0.5, 0.6) is 0 Å². The Hall–Kier alpha value is -2.51. The lowest BCUT2D eigenvalue weighted by Crippen LogP contribution is -2.23. The van der Waals surface area contributed by atoms with E-state index in [0.29, 0.717) is 5.76 Å². The molecule has 0 spiro atoms. The monoisotopic (exact) mass is 374 g/mol. The predicted molar refractivity (Wildman–Crippen MR) is 96.6 cm³/mol. The first kappa shape index (κ1) is 18.3. The van der Waals surface area contributed by atoms with Crippen molar-refractivity contribution < 1.29 is 17.3 Å². The Labute approximate surface area is 151 Å². The molecule has 0 aliphatic carbocycles. The zero-order chi connectivity index (χ0) is 18.9. The number of sulfonamides is 1. The number of nitrogens with one attached hydrogen (secondary N) is 1. The maximum absolute atomic E-state index is 13.4. The van der Waals surface area contributed by atoms with Crippen LogP contribution in [0.4, 0.5) is 4.39 Å². The molecule has 1 N–H and O–H groups in total. The van der Waals surface area contributed by atoms with Crippen molar-refractivity contribution in [1.82, 2.24) is 9.88 Å². The van der Waals surface area contributed by atoms with E-state index in [1.807, 2.05) is 38.1 Å². The second-order valence-corrected chi connectivity index (χ2v) is 7.90. The largest absolute Gasteiger partial charge is 0.361 e. The van der Waals surface area contributed by atoms with E-state index in [1.165, 1.54) is 19.1 Å². The molecular weight excluding hydrogens is 355 g/mol. The summed E-state index contributed by atoms with van der Waals surface area (Å²) in [5.74, 6) is 0.276. The van der Waals surface area contributed by atoms with Crippen molar-refractivity contribution in [3.05, 3.63) is 70.9 Å². The van der Waals surface area contributed by atoms with Crippen molar-refractivity contribution in [2.24, 2.45) is 0 Å². The minimum atomic E-state index is -3.73. The van der Waals surface area contributed by atoms with Gasteiger partial charge >= 0.3 is 0 Å². The number of halogens is 1. The zero-order valence-electron chi connectivity index (χ0n) is 14.7. The molecular formula is C19H19FN2O3S. The number of hydrogen-bond acceptors (Lipinski definition) is 4. The van der Waals surface area contributed by atoms with Crippen LogP contribution in [0.25, 0.3) is 11.1 Å². The van der Waals surface area contributed by atoms with E-state index in [4.69, 9.17) is 4.52 Å². The summed E-state index contributed by atoms with van der Waals surface area (Å²) in [6.07, 6.45) is 0. The van der Waals surface area contributed by atoms with Crippen LogP contribution >= 0.6 is 0 Å². The summed E-state index contributed by atoms with van der Waals surface area (Å²) in [7, 11) is -3.73. The molecule has 0 atom stereocenters. The summed E-state index contributed by atoms with van der Waals surface area (Å²) in [5, 5.41) is 3.95. The summed E-state index contributed by atoms with van der Waals surface area (Å²) in [6.45, 7) is 5.34. The van der Waals surface area contributed by atoms with E-state index in [0.717, 1.165) is 28.5 Å². The highest BCUT2D eigenvalue weighted by molar-refractivity contribution is 7.89. The second-order valence-electron chi connectivity index (χ2n) is 6.14. The molecule has 0 amide bonds. The molecule has 0 saturated carbocycles. The van der Waals surface area contributed by atoms with Crippen molar-refractivity contribution >= 4 is 10.0 Å². The van der Waals surface area contributed by atoms with Crippen molar-refractivity contribution in [1.29, 1.82) is 0 Å². The molecule has 0 aliphatic rings. The summed E-state index contributed by atoms with van der Waals surface area (Å²) >= 11 is 0. The van der Waals surface area contributed by atoms with Crippen molar-refractivity contribution in [2.75, 3.05) is 0 Å². The van der Waals surface area contributed by atoms with E-state index in [-0.39, 0.29) is 17.0 Å². The molecule has 2 aromatic carbocycles. The van der Waals surface area contributed by atoms with Gasteiger partial charge in [-0.25, -0.2) is 17.5 Å². The van der Waals surface area contributed by atoms with Gasteiger partial charge in [-0.2, -0.15) is 0 Å². The third-order valence-electron chi connectivity index (χ3n) is 4.16. The highest BCUT2D eigenvalue weighted by atomic mass is 32.2. The maximum atomic E-state index is 13.4. The third-order valence-corrected chi connectivity index (χ3v) is 5.55. The van der Waals surface area contributed by atoms with Crippen molar-refractivity contribution in [2.45, 2.75) is 32.2 Å². The lowest BCUT2D eigenvalue weighted by atomic mass is 10.0. The topological polar surface area (TPSA) is 72.2 Å². The Morgan fingerprint density at radius 1 is 1.12 bits per heavy atom. The van der Waals surface area contributed by atoms with E-state index < -0.39 is 15.8 Å². The van der Waals surface area contributed by atoms with Crippen molar-refractivity contribution in [3.63, 3.8) is 0 Å². The molecule has 26 heavy (non-hydrogen) atoms. The fourth-order valence-electron chi connectivity index (χ4n) is 2.78. The van der Waals surface area contributed by atoms with Gasteiger partial charge in [0.1, 0.15) is 11.6 Å². The number of rotatable bonds is 5. The van der Waals surface area contributed by atoms with Crippen LogP contribution in [0.3, 0.4) is 0 Å². The van der Waals surface area contributed by atoms with Crippen LogP contribution in [-0.2, 0) is 16.6 Å². The van der Waals surface area contributed by atoms with Crippen LogP contribution in [0.15, 0.2) is 51.9 Å². The molecule has 3 rings (SSSR count). The number of benzene rings is 2. The average molecular weight is 374 g/mol. The molecule has 0 bridgehead atoms. The van der Waals surface area contributed by atoms with Gasteiger partial charge in [0.2, 0.25) is 10.0 Å². The van der Waals surface area contributed by atoms with Crippen molar-refractivity contribution in [3.8, 4) is 11.1 Å². The highest BCUT2D eigenvalue weighted by Gasteiger charge is 2.16. The van der Waals surface area contributed by atoms with Gasteiger partial charge in [-0.1, -0.05) is 23.4 Å². The molecule has 0 fully saturated rings. The van der Waals surface area contributed by atoms with Crippen LogP contribution in [0, 0.1) is 26.6 Å². The molecule has 0 unspecified atom stereocenters. The molecule has 5 nitrogen and oxygen atoms in total. The minimum Gasteiger partial charge on any atom is -0.361 e. The van der Waals surface area contributed by atoms with E-state index in [1.54, 1.807) is 0 Å². The molecule has 1 heterocycles. The maximum Gasteiger partial charge on any atom is 0.240 e. The first-order chi connectivity index (χ1) is 12.3. The Kier molecular flexibility index (Phi) is 4.93. The van der Waals surface area contributed by atoms with Gasteiger partial charge in [-0.15, -0.1) is 0 Å². The Balaban J connectivity index is 1.82. The minimum absolute atomic E-state index is 0.0401. The molecule has 0 radical (unpaired) electrons. The van der Waals surface area contributed by atoms with E-state index in [2.05, 4.69) is 9.88 Å². The number of nitrogens with zero attached hydrogens (tertiary/aromatic N) is 1. The molecule has 3 aromatic rings. The van der Waals surface area contributed by atoms with Gasteiger partial charge in [0.25, 0.3) is 0 Å². The first-order valence-corrected chi connectivity index (χ1v) is 9.54. The molecule has 136 valence electrons. The summed E-state index contributed by atoms with van der Waals surface area (Å²) in [5.41, 5.74) is 3.68. The smallest absolute Gasteiger partial charge is 0.240 e. The van der Waals surface area contributed by atoms with Gasteiger partial charge in [-0.3, -0.25) is 0 Å². The van der Waals surface area contributed by atoms with Gasteiger partial charge in [0.05, 0.1) is 10.6 Å². The third kappa shape index (κ3) is 3.68. The number of hydrogen-bond donors (Lipinski definition) is 1. The summed E-state index contributed by atoms with van der Waals surface area (Å²) in [4.78, 5) is 0.0401. The normalized spacial score (nSPS) is 11.7. The average Bonchev–Trinajstić information content (AvgIpc) is 2.94. The molecule has 0 saturated heterocycles. The lowest BCUT2D eigenvalue weighted by molar-refractivity contribution is 0.393. The van der Waals surface area contributed by atoms with Gasteiger partial charge in [0, 0.05) is 12.1 Å². The van der Waals surface area contributed by atoms with Crippen LogP contribution < -0.4 is 4.72 Å². The van der Waals surface area contributed by atoms with E-state index in [9.17, 15) is 12.8 Å². The van der Waals surface area contributed by atoms with Gasteiger partial charge < -0.3 is 4.52 Å². The summed E-state index contributed by atoms with van der Waals surface area (Å²) in [6, 6.07) is 11.2. The summed E-state index contributed by atoms with van der Waals surface area (Å²) < 4.78 is 46.0. The Bertz CT molecular complexity index is 1040. The van der Waals surface area contributed by atoms with Crippen LogP contribution in [0.2, 0.25) is 0 Å². The fraction of sp³-hybridized carbons (Fsp3) is 0.211. The Morgan fingerprint density at radius 2 is 1.88 bits per heavy atom. The number of aromatic nitrogens is 1. The first-order valence-electron chi connectivity index (χ1n) is 8.06. The fourth-order valence-corrected chi connectivity index (χ4v) is 3.88. The SMILES string of the molecule is Cc1cc(S(=O)(=O)NCc2cccc(-c3c(C)noc3C)c2)ccc1F. The quantitative estimate of drug-likeness (QED) is 0.735. The standard InChI is InChI=1S/C19H19FN2O3S/c1-12-9-17(7-8-18(12)20)26(23,24)21-11-15-5-4-6-16(10-15)19-13(2)22-25-14(19)3/h4-10,21H,11H2,1-3H3. The van der Waals surface area contributed by atoms with Gasteiger partial charge in [0.15, 0.2) is 0 Å². The molecule has 0 aliphatic heterocycles. The second kappa shape index (κ2) is 7.01. The molecule has 7 heteroatoms. The number of aryl methyl sites for hydroxylation is 3. The van der Waals surface area contributed by atoms with Gasteiger partial charge in [-0.05, 0) is 61.7 Å². The molecule has 1 aromatic heterocycles. The zero-order valence-corrected chi connectivity index (χ0v) is 15.5. The Morgan fingerprint density at radius 3 is 2.54 bits per heavy atom. The van der Waals surface area contributed by atoms with Crippen LogP contribution in [0.1, 0.15) is 22.6 Å². The highest BCUT2D eigenvalue weighted by Crippen LogP contribution is 2.27. The van der Waals surface area contributed by atoms with Crippen LogP contribution in [-0.4, -0.2) is 13.6 Å². The predicted octanol–water partition coefficient (Wildman–Crippen LogP) is 3.88. The lowest BCUT2D eigenvalue weighted by Gasteiger charge is -2.09. The van der Waals surface area contributed by atoms with E-state index >= 15 is 0 Å².